The van der Waals surface area contributed by atoms with Crippen LogP contribution in [-0.4, -0.2) is 17.7 Å². The first-order chi connectivity index (χ1) is 6.33. The van der Waals surface area contributed by atoms with Crippen LogP contribution in [0.4, 0.5) is 0 Å². The zero-order valence-electron chi connectivity index (χ0n) is 7.58. The van der Waals surface area contributed by atoms with E-state index in [-0.39, 0.29) is 0 Å². The third-order valence-electron chi connectivity index (χ3n) is 2.93. The van der Waals surface area contributed by atoms with Crippen LogP contribution in [0.15, 0.2) is 16.7 Å². The van der Waals surface area contributed by atoms with E-state index in [9.17, 15) is 0 Å². The maximum atomic E-state index is 5.23. The molecule has 68 valence electrons. The van der Waals surface area contributed by atoms with E-state index in [0.29, 0.717) is 6.04 Å². The zero-order valence-corrected chi connectivity index (χ0v) is 7.58. The molecule has 0 bridgehead atoms. The van der Waals surface area contributed by atoms with Gasteiger partial charge in [0.15, 0.2) is 5.76 Å². The highest BCUT2D eigenvalue weighted by molar-refractivity contribution is 5.65. The minimum absolute atomic E-state index is 0.667. The van der Waals surface area contributed by atoms with Crippen LogP contribution in [0.3, 0.4) is 0 Å². The van der Waals surface area contributed by atoms with E-state index in [1.165, 1.54) is 5.57 Å². The van der Waals surface area contributed by atoms with Gasteiger partial charge in [0.1, 0.15) is 0 Å². The smallest absolute Gasteiger partial charge is 0.162 e. The maximum absolute atomic E-state index is 5.23. The Morgan fingerprint density at radius 3 is 3.00 bits per heavy atom. The van der Waals surface area contributed by atoms with Crippen molar-refractivity contribution >= 4 is 5.57 Å². The highest BCUT2D eigenvalue weighted by atomic mass is 16.5. The van der Waals surface area contributed by atoms with Gasteiger partial charge in [0, 0.05) is 24.6 Å². The second-order valence-electron chi connectivity index (χ2n) is 3.91. The Kier molecular flexibility index (Phi) is 1.38. The molecule has 13 heavy (non-hydrogen) atoms. The third kappa shape index (κ3) is 1.04. The Labute approximate surface area is 76.8 Å². The highest BCUT2D eigenvalue weighted by Gasteiger charge is 2.35. The monoisotopic (exact) mass is 176 g/mol. The number of aryl methyl sites for hydroxylation is 1. The topological polar surface area (TPSA) is 38.1 Å². The van der Waals surface area contributed by atoms with Crippen molar-refractivity contribution in [2.24, 2.45) is 5.92 Å². The highest BCUT2D eigenvalue weighted by Crippen LogP contribution is 2.35. The Hall–Kier alpha value is -1.09. The van der Waals surface area contributed by atoms with Crippen LogP contribution in [0.1, 0.15) is 17.9 Å². The van der Waals surface area contributed by atoms with E-state index in [1.807, 2.05) is 13.0 Å². The summed E-state index contributed by atoms with van der Waals surface area (Å²) >= 11 is 0. The van der Waals surface area contributed by atoms with Crippen LogP contribution in [0.2, 0.25) is 0 Å². The van der Waals surface area contributed by atoms with Crippen molar-refractivity contribution in [3.63, 3.8) is 0 Å². The van der Waals surface area contributed by atoms with Crippen molar-refractivity contribution in [1.29, 1.82) is 0 Å². The molecule has 3 heteroatoms. The lowest BCUT2D eigenvalue weighted by Gasteiger charge is -2.31. The molecule has 0 amide bonds. The molecule has 0 unspecified atom stereocenters. The fraction of sp³-hybridized carbons (Fsp3) is 0.500. The molecule has 0 aromatic carbocycles. The van der Waals surface area contributed by atoms with E-state index >= 15 is 0 Å². The predicted octanol–water partition coefficient (Wildman–Crippen LogP) is 1.36. The number of aromatic nitrogens is 1. The fourth-order valence-electron chi connectivity index (χ4n) is 2.08. The first-order valence-corrected chi connectivity index (χ1v) is 4.71. The van der Waals surface area contributed by atoms with Crippen LogP contribution >= 0.6 is 0 Å². The van der Waals surface area contributed by atoms with E-state index in [0.717, 1.165) is 30.3 Å². The van der Waals surface area contributed by atoms with Gasteiger partial charge in [-0.05, 0) is 18.9 Å². The van der Waals surface area contributed by atoms with Gasteiger partial charge >= 0.3 is 0 Å². The van der Waals surface area contributed by atoms with E-state index in [4.69, 9.17) is 4.52 Å². The molecule has 0 saturated carbocycles. The van der Waals surface area contributed by atoms with Gasteiger partial charge in [-0.1, -0.05) is 11.2 Å². The molecule has 1 saturated heterocycles. The minimum Gasteiger partial charge on any atom is -0.356 e. The molecular weight excluding hydrogens is 164 g/mol. The van der Waals surface area contributed by atoms with Crippen molar-refractivity contribution in [2.75, 3.05) is 6.54 Å². The Balaban J connectivity index is 1.90. The fourth-order valence-corrected chi connectivity index (χ4v) is 2.08. The average Bonchev–Trinajstić information content (AvgIpc) is 2.59. The van der Waals surface area contributed by atoms with Gasteiger partial charge in [-0.3, -0.25) is 0 Å². The maximum Gasteiger partial charge on any atom is 0.162 e. The van der Waals surface area contributed by atoms with E-state index < -0.39 is 0 Å². The second kappa shape index (κ2) is 2.45. The van der Waals surface area contributed by atoms with Crippen molar-refractivity contribution in [3.8, 4) is 0 Å². The molecule has 0 radical (unpaired) electrons. The van der Waals surface area contributed by atoms with Crippen molar-refractivity contribution in [1.82, 2.24) is 10.5 Å². The lowest BCUT2D eigenvalue weighted by atomic mass is 9.96. The quantitative estimate of drug-likeness (QED) is 0.702. The number of nitrogens with one attached hydrogen (secondary N) is 1. The van der Waals surface area contributed by atoms with E-state index in [2.05, 4.69) is 16.5 Å². The molecule has 1 aliphatic carbocycles. The second-order valence-corrected chi connectivity index (χ2v) is 3.91. The summed E-state index contributed by atoms with van der Waals surface area (Å²) < 4.78 is 5.23. The summed E-state index contributed by atoms with van der Waals surface area (Å²) in [5, 5.41) is 7.30. The Morgan fingerprint density at radius 2 is 2.54 bits per heavy atom. The Morgan fingerprint density at radius 1 is 1.62 bits per heavy atom. The number of hydrogen-bond donors (Lipinski definition) is 1. The van der Waals surface area contributed by atoms with Crippen LogP contribution in [0, 0.1) is 12.8 Å². The molecule has 1 N–H and O–H groups in total. The molecule has 1 aromatic heterocycles. The molecule has 1 aromatic rings. The van der Waals surface area contributed by atoms with Crippen LogP contribution in [0.25, 0.3) is 5.57 Å². The van der Waals surface area contributed by atoms with Gasteiger partial charge in [0.25, 0.3) is 0 Å². The van der Waals surface area contributed by atoms with Crippen LogP contribution < -0.4 is 5.32 Å². The molecule has 2 heterocycles. The number of fused-ring (bicyclic) bond motifs is 1. The SMILES string of the molecule is Cc1cc(C2=C[C@H]3CN[C@H]3C2)on1. The summed E-state index contributed by atoms with van der Waals surface area (Å²) in [4.78, 5) is 0. The van der Waals surface area contributed by atoms with Gasteiger partial charge in [-0.15, -0.1) is 0 Å². The first kappa shape index (κ1) is 7.33. The van der Waals surface area contributed by atoms with Gasteiger partial charge in [0.05, 0.1) is 5.69 Å². The number of hydrogen-bond acceptors (Lipinski definition) is 3. The molecular formula is C10H12N2O. The molecule has 3 rings (SSSR count). The van der Waals surface area contributed by atoms with Crippen LogP contribution in [0.5, 0.6) is 0 Å². The summed E-state index contributed by atoms with van der Waals surface area (Å²) in [6.07, 6.45) is 3.42. The summed E-state index contributed by atoms with van der Waals surface area (Å²) in [7, 11) is 0. The summed E-state index contributed by atoms with van der Waals surface area (Å²) in [5.74, 6) is 1.69. The van der Waals surface area contributed by atoms with Gasteiger partial charge < -0.3 is 9.84 Å². The summed E-state index contributed by atoms with van der Waals surface area (Å²) in [6.45, 7) is 3.08. The van der Waals surface area contributed by atoms with E-state index in [1.54, 1.807) is 0 Å². The third-order valence-corrected chi connectivity index (χ3v) is 2.93. The predicted molar refractivity (Wildman–Crippen MR) is 49.1 cm³/mol. The number of nitrogens with zero attached hydrogens (tertiary/aromatic N) is 1. The largest absolute Gasteiger partial charge is 0.356 e. The normalized spacial score (nSPS) is 31.0. The lowest BCUT2D eigenvalue weighted by Crippen LogP contribution is -2.49. The van der Waals surface area contributed by atoms with Crippen molar-refractivity contribution < 1.29 is 4.52 Å². The number of rotatable bonds is 1. The Bertz CT molecular complexity index is 367. The lowest BCUT2D eigenvalue weighted by molar-refractivity contribution is 0.306. The van der Waals surface area contributed by atoms with Gasteiger partial charge in [0.2, 0.25) is 0 Å². The molecule has 1 fully saturated rings. The van der Waals surface area contributed by atoms with Crippen LogP contribution in [-0.2, 0) is 0 Å². The standard InChI is InChI=1S/C10H12N2O/c1-6-2-10(13-12-6)7-3-8-5-11-9(8)4-7/h2-3,8-9,11H,4-5H2,1H3/t8-,9-/m0/s1. The van der Waals surface area contributed by atoms with Crippen molar-refractivity contribution in [2.45, 2.75) is 19.4 Å². The molecule has 2 aliphatic rings. The molecule has 2 atom stereocenters. The first-order valence-electron chi connectivity index (χ1n) is 4.71. The summed E-state index contributed by atoms with van der Waals surface area (Å²) in [5.41, 5.74) is 2.28. The molecule has 3 nitrogen and oxygen atoms in total. The molecule has 0 spiro atoms. The summed E-state index contributed by atoms with van der Waals surface area (Å²) in [6, 6.07) is 2.68. The molecule has 1 aliphatic heterocycles. The van der Waals surface area contributed by atoms with Gasteiger partial charge in [-0.25, -0.2) is 0 Å². The van der Waals surface area contributed by atoms with Gasteiger partial charge in [-0.2, -0.15) is 0 Å². The van der Waals surface area contributed by atoms with Crippen molar-refractivity contribution in [3.05, 3.63) is 23.6 Å². The minimum atomic E-state index is 0.667. The average molecular weight is 176 g/mol. The zero-order chi connectivity index (χ0) is 8.84.